The molecule has 1 aromatic heterocycles. The Morgan fingerprint density at radius 2 is 1.71 bits per heavy atom. The molecule has 3 rings (SSSR count). The summed E-state index contributed by atoms with van der Waals surface area (Å²) in [4.78, 5) is 28.9. The molecule has 8 nitrogen and oxygen atoms in total. The number of carbonyl (C=O) groups is 2. The highest BCUT2D eigenvalue weighted by Gasteiger charge is 2.26. The number of methoxy groups -OCH3 is 3. The summed E-state index contributed by atoms with van der Waals surface area (Å²) < 4.78 is 16.0. The number of hydrogen-bond acceptors (Lipinski definition) is 6. The average Bonchev–Trinajstić information content (AvgIpc) is 2.89. The number of benzene rings is 1. The first kappa shape index (κ1) is 25.1. The van der Waals surface area contributed by atoms with E-state index in [1.165, 1.54) is 6.08 Å². The van der Waals surface area contributed by atoms with Gasteiger partial charge in [-0.05, 0) is 55.4 Å². The van der Waals surface area contributed by atoms with Crippen LogP contribution in [0, 0.1) is 11.8 Å². The standard InChI is InChI=1S/C26H33N3O5/c1-32-22-14-24(34-3)23(33-2)13-21(22)10-11-25(30)28-16-18-6-8-20(9-7-18)26(31)29-17-19-5-4-12-27-15-19/h4-5,10-15,18,20H,6-9,16-17H2,1-3H3,(H,28,30)(H,29,31). The second-order valence-electron chi connectivity index (χ2n) is 8.32. The molecule has 0 spiro atoms. The zero-order valence-electron chi connectivity index (χ0n) is 20.0. The van der Waals surface area contributed by atoms with Crippen LogP contribution < -0.4 is 24.8 Å². The topological polar surface area (TPSA) is 98.8 Å². The molecule has 0 saturated heterocycles. The molecule has 0 bridgehead atoms. The third-order valence-electron chi connectivity index (χ3n) is 6.12. The fourth-order valence-electron chi connectivity index (χ4n) is 4.12. The Morgan fingerprint density at radius 3 is 2.35 bits per heavy atom. The normalized spacial score (nSPS) is 17.7. The highest BCUT2D eigenvalue weighted by molar-refractivity contribution is 5.92. The molecule has 1 fully saturated rings. The summed E-state index contributed by atoms with van der Waals surface area (Å²) in [5.74, 6) is 2.02. The SMILES string of the molecule is COc1cc(OC)c(OC)cc1C=CC(=O)NCC1CCC(C(=O)NCc2cccnc2)CC1. The van der Waals surface area contributed by atoms with Gasteiger partial charge in [0.15, 0.2) is 11.5 Å². The molecule has 34 heavy (non-hydrogen) atoms. The van der Waals surface area contributed by atoms with Crippen molar-refractivity contribution in [3.8, 4) is 17.2 Å². The van der Waals surface area contributed by atoms with Crippen LogP contribution in [-0.4, -0.2) is 44.7 Å². The van der Waals surface area contributed by atoms with Crippen molar-refractivity contribution in [3.63, 3.8) is 0 Å². The lowest BCUT2D eigenvalue weighted by Crippen LogP contribution is -2.35. The van der Waals surface area contributed by atoms with E-state index in [1.807, 2.05) is 12.1 Å². The minimum atomic E-state index is -0.173. The lowest BCUT2D eigenvalue weighted by Gasteiger charge is -2.27. The number of amides is 2. The van der Waals surface area contributed by atoms with Gasteiger partial charge in [-0.1, -0.05) is 6.07 Å². The molecule has 182 valence electrons. The Labute approximate surface area is 200 Å². The fraction of sp³-hybridized carbons (Fsp3) is 0.423. The molecule has 8 heteroatoms. The summed E-state index contributed by atoms with van der Waals surface area (Å²) in [6, 6.07) is 7.30. The first-order valence-corrected chi connectivity index (χ1v) is 11.5. The van der Waals surface area contributed by atoms with E-state index in [-0.39, 0.29) is 17.7 Å². The van der Waals surface area contributed by atoms with E-state index < -0.39 is 0 Å². The van der Waals surface area contributed by atoms with Gasteiger partial charge in [-0.2, -0.15) is 0 Å². The Bertz CT molecular complexity index is 985. The maximum Gasteiger partial charge on any atom is 0.244 e. The number of pyridine rings is 1. The predicted octanol–water partition coefficient (Wildman–Crippen LogP) is 3.36. The Hall–Kier alpha value is -3.55. The third-order valence-corrected chi connectivity index (χ3v) is 6.12. The number of rotatable bonds is 10. The molecule has 0 aliphatic heterocycles. The average molecular weight is 468 g/mol. The Morgan fingerprint density at radius 1 is 1.00 bits per heavy atom. The van der Waals surface area contributed by atoms with Crippen molar-refractivity contribution in [3.05, 3.63) is 53.9 Å². The Balaban J connectivity index is 1.43. The van der Waals surface area contributed by atoms with Gasteiger partial charge < -0.3 is 24.8 Å². The molecule has 2 N–H and O–H groups in total. The lowest BCUT2D eigenvalue weighted by molar-refractivity contribution is -0.126. The molecule has 0 unspecified atom stereocenters. The molecule has 2 amide bonds. The molecule has 0 radical (unpaired) electrons. The van der Waals surface area contributed by atoms with Crippen LogP contribution in [0.25, 0.3) is 6.08 Å². The maximum absolute atomic E-state index is 12.5. The summed E-state index contributed by atoms with van der Waals surface area (Å²) >= 11 is 0. The van der Waals surface area contributed by atoms with Gasteiger partial charge in [0.2, 0.25) is 11.8 Å². The molecule has 1 saturated carbocycles. The predicted molar refractivity (Wildman–Crippen MR) is 130 cm³/mol. The van der Waals surface area contributed by atoms with E-state index in [2.05, 4.69) is 15.6 Å². The van der Waals surface area contributed by atoms with E-state index >= 15 is 0 Å². The highest BCUT2D eigenvalue weighted by atomic mass is 16.5. The zero-order chi connectivity index (χ0) is 24.3. The summed E-state index contributed by atoms with van der Waals surface area (Å²) in [6.07, 6.45) is 10.2. The molecular weight excluding hydrogens is 434 g/mol. The van der Waals surface area contributed by atoms with Gasteiger partial charge in [0, 0.05) is 49.1 Å². The van der Waals surface area contributed by atoms with E-state index in [4.69, 9.17) is 14.2 Å². The van der Waals surface area contributed by atoms with Gasteiger partial charge >= 0.3 is 0 Å². The quantitative estimate of drug-likeness (QED) is 0.520. The highest BCUT2D eigenvalue weighted by Crippen LogP contribution is 2.35. The number of hydrogen-bond donors (Lipinski definition) is 2. The minimum absolute atomic E-state index is 0.0287. The lowest BCUT2D eigenvalue weighted by atomic mass is 9.81. The first-order valence-electron chi connectivity index (χ1n) is 11.5. The van der Waals surface area contributed by atoms with Crippen LogP contribution in [0.5, 0.6) is 17.2 Å². The zero-order valence-corrected chi connectivity index (χ0v) is 20.0. The summed E-state index contributed by atoms with van der Waals surface area (Å²) in [7, 11) is 4.68. The van der Waals surface area contributed by atoms with Crippen LogP contribution in [0.3, 0.4) is 0 Å². The third kappa shape index (κ3) is 6.97. The van der Waals surface area contributed by atoms with Crippen molar-refractivity contribution in [1.29, 1.82) is 0 Å². The smallest absolute Gasteiger partial charge is 0.244 e. The van der Waals surface area contributed by atoms with Crippen LogP contribution in [-0.2, 0) is 16.1 Å². The van der Waals surface area contributed by atoms with E-state index in [0.717, 1.165) is 31.2 Å². The van der Waals surface area contributed by atoms with Gasteiger partial charge in [-0.15, -0.1) is 0 Å². The van der Waals surface area contributed by atoms with Crippen LogP contribution >= 0.6 is 0 Å². The van der Waals surface area contributed by atoms with Crippen molar-refractivity contribution in [2.75, 3.05) is 27.9 Å². The molecular formula is C26H33N3O5. The van der Waals surface area contributed by atoms with Crippen molar-refractivity contribution in [1.82, 2.24) is 15.6 Å². The monoisotopic (exact) mass is 467 g/mol. The van der Waals surface area contributed by atoms with Crippen LogP contribution in [0.4, 0.5) is 0 Å². The van der Waals surface area contributed by atoms with Crippen molar-refractivity contribution in [2.45, 2.75) is 32.2 Å². The first-order chi connectivity index (χ1) is 16.5. The van der Waals surface area contributed by atoms with Crippen LogP contribution in [0.1, 0.15) is 36.8 Å². The summed E-state index contributed by atoms with van der Waals surface area (Å²) in [5, 5.41) is 5.98. The van der Waals surface area contributed by atoms with Gasteiger partial charge in [0.05, 0.1) is 21.3 Å². The van der Waals surface area contributed by atoms with Crippen molar-refractivity contribution >= 4 is 17.9 Å². The maximum atomic E-state index is 12.5. The minimum Gasteiger partial charge on any atom is -0.496 e. The number of nitrogens with zero attached hydrogens (tertiary/aromatic N) is 1. The fourth-order valence-corrected chi connectivity index (χ4v) is 4.12. The molecule has 0 atom stereocenters. The molecule has 1 aromatic carbocycles. The number of nitrogens with one attached hydrogen (secondary N) is 2. The molecule has 2 aromatic rings. The van der Waals surface area contributed by atoms with E-state index in [9.17, 15) is 9.59 Å². The number of aromatic nitrogens is 1. The van der Waals surface area contributed by atoms with Crippen LogP contribution in [0.15, 0.2) is 42.7 Å². The van der Waals surface area contributed by atoms with Gasteiger partial charge in [-0.25, -0.2) is 0 Å². The second-order valence-corrected chi connectivity index (χ2v) is 8.32. The second kappa shape index (κ2) is 12.6. The largest absolute Gasteiger partial charge is 0.496 e. The summed E-state index contributed by atoms with van der Waals surface area (Å²) in [5.41, 5.74) is 1.71. The summed E-state index contributed by atoms with van der Waals surface area (Å²) in [6.45, 7) is 1.09. The molecule has 1 aliphatic carbocycles. The molecule has 1 heterocycles. The Kier molecular flexibility index (Phi) is 9.31. The van der Waals surface area contributed by atoms with Gasteiger partial charge in [-0.3, -0.25) is 14.6 Å². The van der Waals surface area contributed by atoms with E-state index in [0.29, 0.717) is 41.8 Å². The van der Waals surface area contributed by atoms with Crippen molar-refractivity contribution in [2.24, 2.45) is 11.8 Å². The number of ether oxygens (including phenoxy) is 3. The molecule has 1 aliphatic rings. The number of carbonyl (C=O) groups excluding carboxylic acids is 2. The van der Waals surface area contributed by atoms with Crippen LogP contribution in [0.2, 0.25) is 0 Å². The van der Waals surface area contributed by atoms with Gasteiger partial charge in [0.1, 0.15) is 5.75 Å². The van der Waals surface area contributed by atoms with Crippen molar-refractivity contribution < 1.29 is 23.8 Å². The van der Waals surface area contributed by atoms with Gasteiger partial charge in [0.25, 0.3) is 0 Å². The van der Waals surface area contributed by atoms with E-state index in [1.54, 1.807) is 51.9 Å².